The summed E-state index contributed by atoms with van der Waals surface area (Å²) in [5.41, 5.74) is 1.64. The Morgan fingerprint density at radius 1 is 1.33 bits per heavy atom. The zero-order chi connectivity index (χ0) is 15.5. The number of hydrogen-bond donors (Lipinski definition) is 1. The molecule has 2 rings (SSSR count). The Labute approximate surface area is 133 Å². The smallest absolute Gasteiger partial charge is 0.225 e. The average molecular weight is 375 g/mol. The molecule has 1 N–H and O–H groups in total. The lowest BCUT2D eigenvalue weighted by atomic mass is 10.2. The average Bonchev–Trinajstić information content (AvgIpc) is 2.95. The molecule has 0 aliphatic carbocycles. The summed E-state index contributed by atoms with van der Waals surface area (Å²) in [6.45, 7) is 3.05. The molecule has 0 unspecified atom stereocenters. The Hall–Kier alpha value is -0.920. The largest absolute Gasteiger partial charge is 0.326 e. The van der Waals surface area contributed by atoms with Crippen molar-refractivity contribution in [3.8, 4) is 0 Å². The van der Waals surface area contributed by atoms with E-state index in [1.165, 1.54) is 4.31 Å². The van der Waals surface area contributed by atoms with Crippen LogP contribution in [0.25, 0.3) is 0 Å². The van der Waals surface area contributed by atoms with E-state index in [9.17, 15) is 13.2 Å². The van der Waals surface area contributed by atoms with Crippen LogP contribution in [0, 0.1) is 6.92 Å². The Morgan fingerprint density at radius 3 is 2.62 bits per heavy atom. The van der Waals surface area contributed by atoms with E-state index in [0.29, 0.717) is 18.8 Å². The van der Waals surface area contributed by atoms with Crippen molar-refractivity contribution in [1.82, 2.24) is 4.31 Å². The first-order valence-corrected chi connectivity index (χ1v) is 9.32. The van der Waals surface area contributed by atoms with Crippen molar-refractivity contribution in [1.29, 1.82) is 0 Å². The van der Waals surface area contributed by atoms with Gasteiger partial charge in [0, 0.05) is 29.7 Å². The molecular weight excluding hydrogens is 356 g/mol. The third-order valence-electron chi connectivity index (χ3n) is 3.51. The fourth-order valence-corrected chi connectivity index (χ4v) is 4.29. The topological polar surface area (TPSA) is 66.5 Å². The van der Waals surface area contributed by atoms with Crippen molar-refractivity contribution < 1.29 is 13.2 Å². The number of nitrogens with one attached hydrogen (secondary N) is 1. The van der Waals surface area contributed by atoms with Gasteiger partial charge in [0.15, 0.2) is 0 Å². The molecule has 1 aliphatic heterocycles. The van der Waals surface area contributed by atoms with Gasteiger partial charge in [0.2, 0.25) is 15.9 Å². The molecular formula is C14H19BrN2O3S. The summed E-state index contributed by atoms with van der Waals surface area (Å²) in [4.78, 5) is 11.9. The standard InChI is InChI=1S/C14H19BrN2O3S/c1-11-10-12(15)4-5-13(11)16-14(18)6-9-21(19,20)17-7-2-3-8-17/h4-5,10H,2-3,6-9H2,1H3,(H,16,18). The molecule has 21 heavy (non-hydrogen) atoms. The minimum absolute atomic E-state index is 0.0195. The summed E-state index contributed by atoms with van der Waals surface area (Å²) in [7, 11) is -3.30. The highest BCUT2D eigenvalue weighted by Crippen LogP contribution is 2.20. The van der Waals surface area contributed by atoms with E-state index >= 15 is 0 Å². The Balaban J connectivity index is 1.90. The lowest BCUT2D eigenvalue weighted by Crippen LogP contribution is -2.31. The van der Waals surface area contributed by atoms with Gasteiger partial charge in [0.1, 0.15) is 0 Å². The van der Waals surface area contributed by atoms with Crippen molar-refractivity contribution in [2.45, 2.75) is 26.2 Å². The van der Waals surface area contributed by atoms with E-state index in [1.807, 2.05) is 19.1 Å². The summed E-state index contributed by atoms with van der Waals surface area (Å²) in [5.74, 6) is -0.405. The highest BCUT2D eigenvalue weighted by molar-refractivity contribution is 9.10. The van der Waals surface area contributed by atoms with Crippen LogP contribution >= 0.6 is 15.9 Å². The van der Waals surface area contributed by atoms with Crippen LogP contribution in [0.4, 0.5) is 5.69 Å². The molecule has 1 amide bonds. The monoisotopic (exact) mass is 374 g/mol. The maximum atomic E-state index is 12.0. The van der Waals surface area contributed by atoms with E-state index in [1.54, 1.807) is 6.07 Å². The molecule has 0 bridgehead atoms. The van der Waals surface area contributed by atoms with Gasteiger partial charge in [0.05, 0.1) is 5.75 Å². The number of sulfonamides is 1. The summed E-state index contributed by atoms with van der Waals surface area (Å²) in [6.07, 6.45) is 1.79. The second kappa shape index (κ2) is 6.89. The molecule has 5 nitrogen and oxygen atoms in total. The summed E-state index contributed by atoms with van der Waals surface area (Å²) in [5, 5.41) is 2.76. The van der Waals surface area contributed by atoms with Crippen molar-refractivity contribution in [2.75, 3.05) is 24.2 Å². The number of rotatable bonds is 5. The number of carbonyl (C=O) groups is 1. The first kappa shape index (κ1) is 16.5. The van der Waals surface area contributed by atoms with Crippen LogP contribution in [0.5, 0.6) is 0 Å². The van der Waals surface area contributed by atoms with Gasteiger partial charge in [-0.3, -0.25) is 4.79 Å². The molecule has 0 atom stereocenters. The summed E-state index contributed by atoms with van der Waals surface area (Å²) in [6, 6.07) is 5.53. The van der Waals surface area contributed by atoms with Crippen LogP contribution in [0.1, 0.15) is 24.8 Å². The number of hydrogen-bond acceptors (Lipinski definition) is 3. The molecule has 1 aliphatic rings. The van der Waals surface area contributed by atoms with E-state index < -0.39 is 10.0 Å². The molecule has 0 radical (unpaired) electrons. The van der Waals surface area contributed by atoms with E-state index in [2.05, 4.69) is 21.2 Å². The molecule has 0 spiro atoms. The minimum atomic E-state index is -3.30. The van der Waals surface area contributed by atoms with Crippen LogP contribution < -0.4 is 5.32 Å². The van der Waals surface area contributed by atoms with Gasteiger partial charge in [-0.05, 0) is 43.5 Å². The molecule has 1 aromatic rings. The van der Waals surface area contributed by atoms with Gasteiger partial charge >= 0.3 is 0 Å². The number of carbonyl (C=O) groups excluding carboxylic acids is 1. The Bertz CT molecular complexity index is 625. The Kier molecular flexibility index (Phi) is 5.40. The quantitative estimate of drug-likeness (QED) is 0.860. The lowest BCUT2D eigenvalue weighted by Gasteiger charge is -2.15. The fraction of sp³-hybridized carbons (Fsp3) is 0.500. The third kappa shape index (κ3) is 4.52. The van der Waals surface area contributed by atoms with Gasteiger partial charge in [0.25, 0.3) is 0 Å². The normalized spacial score (nSPS) is 16.1. The zero-order valence-corrected chi connectivity index (χ0v) is 14.3. The second-order valence-electron chi connectivity index (χ2n) is 5.18. The number of benzene rings is 1. The van der Waals surface area contributed by atoms with Gasteiger partial charge in [-0.15, -0.1) is 0 Å². The van der Waals surface area contributed by atoms with Crippen molar-refractivity contribution in [3.05, 3.63) is 28.2 Å². The van der Waals surface area contributed by atoms with Crippen molar-refractivity contribution >= 4 is 37.5 Å². The van der Waals surface area contributed by atoms with Gasteiger partial charge in [-0.1, -0.05) is 15.9 Å². The first-order valence-electron chi connectivity index (χ1n) is 6.92. The highest BCUT2D eigenvalue weighted by atomic mass is 79.9. The number of aryl methyl sites for hydroxylation is 1. The number of anilines is 1. The van der Waals surface area contributed by atoms with E-state index in [0.717, 1.165) is 22.9 Å². The van der Waals surface area contributed by atoms with Crippen LogP contribution in [0.2, 0.25) is 0 Å². The summed E-state index contributed by atoms with van der Waals surface area (Å²) < 4.78 is 26.5. The van der Waals surface area contributed by atoms with Gasteiger partial charge < -0.3 is 5.32 Å². The van der Waals surface area contributed by atoms with Crippen LogP contribution in [0.15, 0.2) is 22.7 Å². The number of nitrogens with zero attached hydrogens (tertiary/aromatic N) is 1. The fourth-order valence-electron chi connectivity index (χ4n) is 2.30. The number of halogens is 1. The molecule has 0 saturated carbocycles. The van der Waals surface area contributed by atoms with Crippen molar-refractivity contribution in [3.63, 3.8) is 0 Å². The molecule has 0 aromatic heterocycles. The molecule has 1 fully saturated rings. The Morgan fingerprint density at radius 2 is 2.00 bits per heavy atom. The van der Waals surface area contributed by atoms with Gasteiger partial charge in [-0.25, -0.2) is 12.7 Å². The van der Waals surface area contributed by atoms with Crippen molar-refractivity contribution in [2.24, 2.45) is 0 Å². The van der Waals surface area contributed by atoms with Gasteiger partial charge in [-0.2, -0.15) is 0 Å². The molecule has 1 heterocycles. The summed E-state index contributed by atoms with van der Waals surface area (Å²) >= 11 is 3.36. The first-order chi connectivity index (χ1) is 9.88. The maximum Gasteiger partial charge on any atom is 0.225 e. The lowest BCUT2D eigenvalue weighted by molar-refractivity contribution is -0.115. The van der Waals surface area contributed by atoms with E-state index in [4.69, 9.17) is 0 Å². The van der Waals surface area contributed by atoms with Crippen LogP contribution in [-0.2, 0) is 14.8 Å². The molecule has 1 aromatic carbocycles. The third-order valence-corrected chi connectivity index (χ3v) is 5.87. The predicted octanol–water partition coefficient (Wildman–Crippen LogP) is 2.51. The van der Waals surface area contributed by atoms with Crippen LogP contribution in [0.3, 0.4) is 0 Å². The minimum Gasteiger partial charge on any atom is -0.326 e. The molecule has 1 saturated heterocycles. The SMILES string of the molecule is Cc1cc(Br)ccc1NC(=O)CCS(=O)(=O)N1CCCC1. The predicted molar refractivity (Wildman–Crippen MR) is 86.7 cm³/mol. The zero-order valence-electron chi connectivity index (χ0n) is 11.9. The molecule has 7 heteroatoms. The van der Waals surface area contributed by atoms with E-state index in [-0.39, 0.29) is 18.1 Å². The van der Waals surface area contributed by atoms with Crippen LogP contribution in [-0.4, -0.2) is 37.5 Å². The number of amides is 1. The highest BCUT2D eigenvalue weighted by Gasteiger charge is 2.25. The second-order valence-corrected chi connectivity index (χ2v) is 8.18. The maximum absolute atomic E-state index is 12.0. The molecule has 116 valence electrons.